The second-order valence-electron chi connectivity index (χ2n) is 11.0. The van der Waals surface area contributed by atoms with Gasteiger partial charge in [-0.2, -0.15) is 0 Å². The molecule has 0 spiro atoms. The lowest BCUT2D eigenvalue weighted by molar-refractivity contribution is 0.310. The second-order valence-corrected chi connectivity index (χ2v) is 11.4. The van der Waals surface area contributed by atoms with E-state index < -0.39 is 5.82 Å². The van der Waals surface area contributed by atoms with Crippen molar-refractivity contribution in [1.29, 1.82) is 0 Å². The van der Waals surface area contributed by atoms with Crippen molar-refractivity contribution in [2.24, 2.45) is 5.92 Å². The van der Waals surface area contributed by atoms with E-state index in [-0.39, 0.29) is 10.8 Å². The van der Waals surface area contributed by atoms with Crippen LogP contribution in [0.4, 0.5) is 8.78 Å². The van der Waals surface area contributed by atoms with Crippen molar-refractivity contribution in [3.63, 3.8) is 0 Å². The van der Waals surface area contributed by atoms with Gasteiger partial charge in [-0.3, -0.25) is 0 Å². The fourth-order valence-electron chi connectivity index (χ4n) is 5.79. The van der Waals surface area contributed by atoms with E-state index in [9.17, 15) is 8.78 Å². The molecule has 0 aromatic heterocycles. The van der Waals surface area contributed by atoms with Gasteiger partial charge in [0.25, 0.3) is 0 Å². The van der Waals surface area contributed by atoms with Crippen molar-refractivity contribution < 1.29 is 8.78 Å². The minimum absolute atomic E-state index is 0.120. The van der Waals surface area contributed by atoms with E-state index in [2.05, 4.69) is 37.3 Å². The van der Waals surface area contributed by atoms with Gasteiger partial charge in [-0.25, -0.2) is 8.78 Å². The molecule has 0 heterocycles. The number of benzene rings is 3. The maximum atomic E-state index is 14.7. The molecule has 4 rings (SSSR count). The smallest absolute Gasteiger partial charge is 0.142 e. The fraction of sp³-hybridized carbons (Fsp3) is 0.471. The summed E-state index contributed by atoms with van der Waals surface area (Å²) < 4.78 is 28.4. The van der Waals surface area contributed by atoms with Crippen LogP contribution in [0.2, 0.25) is 5.02 Å². The van der Waals surface area contributed by atoms with E-state index in [0.717, 1.165) is 29.9 Å². The average molecular weight is 523 g/mol. The van der Waals surface area contributed by atoms with Gasteiger partial charge in [-0.15, -0.1) is 0 Å². The van der Waals surface area contributed by atoms with Gasteiger partial charge in [0.15, 0.2) is 0 Å². The van der Waals surface area contributed by atoms with Crippen molar-refractivity contribution in [3.05, 3.63) is 105 Å². The van der Waals surface area contributed by atoms with Gasteiger partial charge < -0.3 is 0 Å². The Morgan fingerprint density at radius 2 is 1.35 bits per heavy atom. The Hall–Kier alpha value is -2.19. The summed E-state index contributed by atoms with van der Waals surface area (Å²) >= 11 is 5.75. The predicted octanol–water partition coefficient (Wildman–Crippen LogP) is 10.4. The Kier molecular flexibility index (Phi) is 10.6. The first-order valence-corrected chi connectivity index (χ1v) is 14.7. The Labute approximate surface area is 227 Å². The number of unbranched alkanes of at least 4 members (excludes halogenated alkanes) is 3. The largest absolute Gasteiger partial charge is 0.207 e. The van der Waals surface area contributed by atoms with Crippen molar-refractivity contribution >= 4 is 11.6 Å². The van der Waals surface area contributed by atoms with Gasteiger partial charge in [-0.1, -0.05) is 80.3 Å². The molecule has 37 heavy (non-hydrogen) atoms. The highest BCUT2D eigenvalue weighted by Gasteiger charge is 2.22. The summed E-state index contributed by atoms with van der Waals surface area (Å²) in [5, 5.41) is 0.120. The maximum absolute atomic E-state index is 14.7. The summed E-state index contributed by atoms with van der Waals surface area (Å²) in [5.41, 5.74) is 5.58. The number of hydrogen-bond acceptors (Lipinski definition) is 0. The summed E-state index contributed by atoms with van der Waals surface area (Å²) in [6, 6.07) is 19.9. The minimum atomic E-state index is -0.421. The zero-order chi connectivity index (χ0) is 26.0. The lowest BCUT2D eigenvalue weighted by Gasteiger charge is -2.29. The third kappa shape index (κ3) is 8.40. The fourth-order valence-corrected chi connectivity index (χ4v) is 5.91. The molecule has 0 amide bonds. The Morgan fingerprint density at radius 1 is 0.676 bits per heavy atom. The number of rotatable bonds is 12. The summed E-state index contributed by atoms with van der Waals surface area (Å²) in [6.45, 7) is 2.26. The van der Waals surface area contributed by atoms with Gasteiger partial charge in [0.1, 0.15) is 11.6 Å². The van der Waals surface area contributed by atoms with E-state index in [1.165, 1.54) is 75.0 Å². The summed E-state index contributed by atoms with van der Waals surface area (Å²) in [4.78, 5) is 0. The Morgan fingerprint density at radius 3 is 2.05 bits per heavy atom. The molecule has 3 heteroatoms. The van der Waals surface area contributed by atoms with Crippen LogP contribution in [0.1, 0.15) is 98.4 Å². The maximum Gasteiger partial charge on any atom is 0.142 e. The van der Waals surface area contributed by atoms with Crippen LogP contribution in [0, 0.1) is 17.6 Å². The van der Waals surface area contributed by atoms with Gasteiger partial charge in [0.05, 0.1) is 5.02 Å². The molecular formula is C34H41ClF2. The van der Waals surface area contributed by atoms with Crippen LogP contribution in [-0.4, -0.2) is 0 Å². The molecule has 0 aliphatic heterocycles. The molecule has 0 N–H and O–H groups in total. The number of hydrogen-bond donors (Lipinski definition) is 0. The first-order valence-electron chi connectivity index (χ1n) is 14.3. The molecule has 0 saturated heterocycles. The topological polar surface area (TPSA) is 0 Å². The first-order chi connectivity index (χ1) is 18.0. The molecule has 1 fully saturated rings. The Balaban J connectivity index is 1.19. The zero-order valence-electron chi connectivity index (χ0n) is 22.3. The van der Waals surface area contributed by atoms with Crippen LogP contribution in [0.15, 0.2) is 60.7 Å². The first kappa shape index (κ1) is 27.8. The number of aryl methyl sites for hydroxylation is 4. The average Bonchev–Trinajstić information content (AvgIpc) is 2.92. The highest BCUT2D eigenvalue weighted by atomic mass is 35.5. The van der Waals surface area contributed by atoms with Crippen molar-refractivity contribution in [3.8, 4) is 0 Å². The molecule has 198 valence electrons. The van der Waals surface area contributed by atoms with Gasteiger partial charge >= 0.3 is 0 Å². The highest BCUT2D eigenvalue weighted by Crippen LogP contribution is 2.37. The molecule has 1 aliphatic carbocycles. The minimum Gasteiger partial charge on any atom is -0.207 e. The van der Waals surface area contributed by atoms with Crippen LogP contribution in [0.25, 0.3) is 0 Å². The molecule has 1 saturated carbocycles. The molecule has 1 aliphatic rings. The molecule has 0 radical (unpaired) electrons. The highest BCUT2D eigenvalue weighted by molar-refractivity contribution is 6.30. The van der Waals surface area contributed by atoms with Gasteiger partial charge in [-0.05, 0) is 122 Å². The Bertz CT molecular complexity index is 1110. The summed E-state index contributed by atoms with van der Waals surface area (Å²) in [7, 11) is 0. The van der Waals surface area contributed by atoms with E-state index >= 15 is 0 Å². The number of halogens is 3. The van der Waals surface area contributed by atoms with E-state index in [0.29, 0.717) is 24.3 Å². The lowest BCUT2D eigenvalue weighted by atomic mass is 9.76. The molecule has 0 atom stereocenters. The third-order valence-corrected chi connectivity index (χ3v) is 8.55. The van der Waals surface area contributed by atoms with Crippen LogP contribution in [-0.2, 0) is 25.7 Å². The zero-order valence-corrected chi connectivity index (χ0v) is 23.0. The van der Waals surface area contributed by atoms with Crippen molar-refractivity contribution in [2.45, 2.75) is 96.3 Å². The predicted molar refractivity (Wildman–Crippen MR) is 153 cm³/mol. The molecule has 0 bridgehead atoms. The van der Waals surface area contributed by atoms with E-state index in [4.69, 9.17) is 11.6 Å². The van der Waals surface area contributed by atoms with Crippen molar-refractivity contribution in [2.75, 3.05) is 0 Å². The third-order valence-electron chi connectivity index (χ3n) is 8.24. The van der Waals surface area contributed by atoms with E-state index in [1.54, 1.807) is 18.2 Å². The lowest BCUT2D eigenvalue weighted by Crippen LogP contribution is -2.14. The van der Waals surface area contributed by atoms with Crippen LogP contribution >= 0.6 is 11.6 Å². The van der Waals surface area contributed by atoms with E-state index in [1.807, 2.05) is 6.07 Å². The summed E-state index contributed by atoms with van der Waals surface area (Å²) in [5.74, 6) is 0.854. The van der Waals surface area contributed by atoms with Crippen LogP contribution in [0.5, 0.6) is 0 Å². The normalized spacial score (nSPS) is 17.7. The molecule has 0 unspecified atom stereocenters. The monoisotopic (exact) mass is 522 g/mol. The quantitative estimate of drug-likeness (QED) is 0.207. The SMILES string of the molecule is CCCCCCc1ccc(C2CCC(CCc3ccc(CCc4ccc(Cl)c(F)c4)c(F)c3)CC2)cc1. The second kappa shape index (κ2) is 14.1. The molecular weight excluding hydrogens is 482 g/mol. The van der Waals surface area contributed by atoms with Gasteiger partial charge in [0.2, 0.25) is 0 Å². The molecule has 0 nitrogen and oxygen atoms in total. The standard InChI is InChI=1S/C34H41ClF2/c1-2-3-4-5-6-25-9-16-29(17-10-25)30-18-11-26(12-19-30)7-8-27-13-20-31(33(36)23-27)21-14-28-15-22-32(35)34(37)24-28/h9-10,13,15-17,20,22-24,26,30H,2-8,11-12,14,18-19,21H2,1H3. The van der Waals surface area contributed by atoms with Gasteiger partial charge in [0, 0.05) is 0 Å². The molecule has 3 aromatic rings. The van der Waals surface area contributed by atoms with Crippen LogP contribution in [0.3, 0.4) is 0 Å². The molecule has 3 aromatic carbocycles. The van der Waals surface area contributed by atoms with Crippen LogP contribution < -0.4 is 0 Å². The van der Waals surface area contributed by atoms with Crippen molar-refractivity contribution in [1.82, 2.24) is 0 Å². The summed E-state index contributed by atoms with van der Waals surface area (Å²) in [6.07, 6.45) is 14.7.